The number of aromatic hydroxyl groups is 1. The maximum Gasteiger partial charge on any atom is 0.205 e. The molecule has 0 unspecified atom stereocenters. The molecule has 0 aliphatic heterocycles. The van der Waals surface area contributed by atoms with Crippen molar-refractivity contribution in [3.63, 3.8) is 0 Å². The van der Waals surface area contributed by atoms with Crippen LogP contribution in [-0.2, 0) is 6.42 Å². The molecule has 0 saturated heterocycles. The molecule has 1 aromatic carbocycles. The minimum absolute atomic E-state index is 0.172. The summed E-state index contributed by atoms with van der Waals surface area (Å²) in [6, 6.07) is 5.90. The fourth-order valence-electron chi connectivity index (χ4n) is 2.54. The summed E-state index contributed by atoms with van der Waals surface area (Å²) in [7, 11) is 1.57. The van der Waals surface area contributed by atoms with E-state index in [0.717, 1.165) is 24.8 Å². The van der Waals surface area contributed by atoms with E-state index >= 15 is 0 Å². The number of rotatable bonds is 6. The second-order valence-electron chi connectivity index (χ2n) is 5.57. The Morgan fingerprint density at radius 2 is 2.18 bits per heavy atom. The average molecular weight is 322 g/mol. The van der Waals surface area contributed by atoms with Crippen LogP contribution in [0.25, 0.3) is 11.1 Å². The molecule has 22 heavy (non-hydrogen) atoms. The third-order valence-electron chi connectivity index (χ3n) is 3.78. The van der Waals surface area contributed by atoms with E-state index in [2.05, 4.69) is 12.2 Å². The number of hydrogen-bond acceptors (Lipinski definition) is 4. The molecule has 0 spiro atoms. The van der Waals surface area contributed by atoms with Gasteiger partial charge >= 0.3 is 0 Å². The minimum atomic E-state index is 0.172. The van der Waals surface area contributed by atoms with Crippen LogP contribution in [0, 0.1) is 0 Å². The van der Waals surface area contributed by atoms with E-state index in [1.165, 1.54) is 0 Å². The van der Waals surface area contributed by atoms with Crippen molar-refractivity contribution >= 4 is 17.5 Å². The first-order valence-electron chi connectivity index (χ1n) is 7.59. The number of benzene rings is 1. The molecule has 1 fully saturated rings. The van der Waals surface area contributed by atoms with Gasteiger partial charge in [0.05, 0.1) is 17.7 Å². The zero-order valence-electron chi connectivity index (χ0n) is 12.8. The number of ether oxygens (including phenoxy) is 1. The highest BCUT2D eigenvalue weighted by Crippen LogP contribution is 2.48. The number of halogens is 1. The molecule has 1 aromatic heterocycles. The molecule has 3 rings (SSSR count). The van der Waals surface area contributed by atoms with E-state index in [1.807, 2.05) is 12.1 Å². The van der Waals surface area contributed by atoms with Gasteiger partial charge in [-0.15, -0.1) is 0 Å². The molecular weight excluding hydrogens is 302 g/mol. The fourth-order valence-corrected chi connectivity index (χ4v) is 2.80. The molecule has 0 bridgehead atoms. The van der Waals surface area contributed by atoms with Crippen LogP contribution in [-0.4, -0.2) is 18.3 Å². The lowest BCUT2D eigenvalue weighted by Crippen LogP contribution is -2.01. The number of anilines is 1. The monoisotopic (exact) mass is 321 g/mol. The van der Waals surface area contributed by atoms with Gasteiger partial charge in [-0.2, -0.15) is 0 Å². The molecule has 1 saturated carbocycles. The smallest absolute Gasteiger partial charge is 0.205 e. The molecule has 1 aliphatic carbocycles. The van der Waals surface area contributed by atoms with Crippen LogP contribution < -0.4 is 10.1 Å². The summed E-state index contributed by atoms with van der Waals surface area (Å²) in [6.07, 6.45) is 3.83. The van der Waals surface area contributed by atoms with Gasteiger partial charge in [-0.25, -0.2) is 0 Å². The summed E-state index contributed by atoms with van der Waals surface area (Å²) in [6.45, 7) is 2.05. The SMILES string of the molecule is CCCc1oc(NC2CC2)c(-c2cccc(Cl)c2OC)c1O. The van der Waals surface area contributed by atoms with E-state index in [-0.39, 0.29) is 5.75 Å². The van der Waals surface area contributed by atoms with E-state index < -0.39 is 0 Å². The quantitative estimate of drug-likeness (QED) is 0.799. The highest BCUT2D eigenvalue weighted by Gasteiger charge is 2.29. The Bertz CT molecular complexity index is 677. The zero-order chi connectivity index (χ0) is 15.7. The molecule has 0 radical (unpaired) electrons. The Labute approximate surface area is 135 Å². The highest BCUT2D eigenvalue weighted by atomic mass is 35.5. The normalized spacial score (nSPS) is 14.1. The van der Waals surface area contributed by atoms with Crippen molar-refractivity contribution in [2.45, 2.75) is 38.6 Å². The van der Waals surface area contributed by atoms with Crippen LogP contribution in [0.1, 0.15) is 31.9 Å². The Morgan fingerprint density at radius 1 is 1.41 bits per heavy atom. The second kappa shape index (κ2) is 6.13. The van der Waals surface area contributed by atoms with Crippen molar-refractivity contribution in [3.05, 3.63) is 29.0 Å². The summed E-state index contributed by atoms with van der Waals surface area (Å²) in [4.78, 5) is 0. The number of furan rings is 1. The van der Waals surface area contributed by atoms with E-state index in [1.54, 1.807) is 13.2 Å². The van der Waals surface area contributed by atoms with Crippen LogP contribution in [0.3, 0.4) is 0 Å². The fraction of sp³-hybridized carbons (Fsp3) is 0.412. The lowest BCUT2D eigenvalue weighted by Gasteiger charge is -2.11. The van der Waals surface area contributed by atoms with Gasteiger partial charge in [-0.3, -0.25) is 0 Å². The van der Waals surface area contributed by atoms with E-state index in [9.17, 15) is 5.11 Å². The molecule has 1 heterocycles. The summed E-state index contributed by atoms with van der Waals surface area (Å²) in [5.41, 5.74) is 1.37. The molecule has 2 N–H and O–H groups in total. The summed E-state index contributed by atoms with van der Waals surface area (Å²) < 4.78 is 11.3. The molecule has 0 atom stereocenters. The van der Waals surface area contributed by atoms with Crippen molar-refractivity contribution in [3.8, 4) is 22.6 Å². The molecule has 0 amide bonds. The standard InChI is InChI=1S/C17H20ClNO3/c1-3-5-13-15(20)14(17(22-13)19-10-8-9-10)11-6-4-7-12(18)16(11)21-2/h4,6-7,10,19-20H,3,5,8-9H2,1-2H3. The van der Waals surface area contributed by atoms with E-state index in [0.29, 0.717) is 40.4 Å². The van der Waals surface area contributed by atoms with Gasteiger partial charge in [0.2, 0.25) is 5.88 Å². The Balaban J connectivity index is 2.13. The number of aryl methyl sites for hydroxylation is 1. The largest absolute Gasteiger partial charge is 0.504 e. The Morgan fingerprint density at radius 3 is 2.82 bits per heavy atom. The van der Waals surface area contributed by atoms with Gasteiger partial charge in [-0.05, 0) is 25.3 Å². The van der Waals surface area contributed by atoms with Crippen molar-refractivity contribution in [2.24, 2.45) is 0 Å². The number of hydrogen-bond donors (Lipinski definition) is 2. The van der Waals surface area contributed by atoms with Gasteiger partial charge in [0.25, 0.3) is 0 Å². The topological polar surface area (TPSA) is 54.6 Å². The van der Waals surface area contributed by atoms with Gasteiger partial charge in [0.15, 0.2) is 5.75 Å². The predicted molar refractivity (Wildman–Crippen MR) is 88.0 cm³/mol. The molecular formula is C17H20ClNO3. The second-order valence-corrected chi connectivity index (χ2v) is 5.97. The highest BCUT2D eigenvalue weighted by molar-refractivity contribution is 6.32. The first-order chi connectivity index (χ1) is 10.7. The van der Waals surface area contributed by atoms with Gasteiger partial charge in [0.1, 0.15) is 11.5 Å². The van der Waals surface area contributed by atoms with Crippen molar-refractivity contribution in [2.75, 3.05) is 12.4 Å². The van der Waals surface area contributed by atoms with Crippen LogP contribution in [0.15, 0.2) is 22.6 Å². The molecule has 4 nitrogen and oxygen atoms in total. The van der Waals surface area contributed by atoms with Crippen LogP contribution in [0.4, 0.5) is 5.88 Å². The maximum atomic E-state index is 10.6. The van der Waals surface area contributed by atoms with Gasteiger partial charge in [0, 0.05) is 18.0 Å². The van der Waals surface area contributed by atoms with Crippen molar-refractivity contribution in [1.82, 2.24) is 0 Å². The van der Waals surface area contributed by atoms with E-state index in [4.69, 9.17) is 20.8 Å². The predicted octanol–water partition coefficient (Wildman–Crippen LogP) is 4.84. The first-order valence-corrected chi connectivity index (χ1v) is 7.97. The molecule has 1 aliphatic rings. The summed E-state index contributed by atoms with van der Waals surface area (Å²) in [5, 5.41) is 14.5. The zero-order valence-corrected chi connectivity index (χ0v) is 13.5. The third kappa shape index (κ3) is 2.75. The third-order valence-corrected chi connectivity index (χ3v) is 4.08. The Kier molecular flexibility index (Phi) is 4.21. The lowest BCUT2D eigenvalue weighted by atomic mass is 10.0. The van der Waals surface area contributed by atoms with Gasteiger partial charge in [-0.1, -0.05) is 30.7 Å². The first kappa shape index (κ1) is 15.1. The van der Waals surface area contributed by atoms with Crippen molar-refractivity contribution in [1.29, 1.82) is 0 Å². The number of para-hydroxylation sites is 1. The van der Waals surface area contributed by atoms with Crippen molar-refractivity contribution < 1.29 is 14.3 Å². The Hall–Kier alpha value is -1.81. The lowest BCUT2D eigenvalue weighted by molar-refractivity contribution is 0.415. The van der Waals surface area contributed by atoms with Crippen LogP contribution in [0.2, 0.25) is 5.02 Å². The van der Waals surface area contributed by atoms with Crippen LogP contribution >= 0.6 is 11.6 Å². The number of methoxy groups -OCH3 is 1. The molecule has 2 aromatic rings. The number of nitrogens with one attached hydrogen (secondary N) is 1. The average Bonchev–Trinajstić information content (AvgIpc) is 3.25. The van der Waals surface area contributed by atoms with Gasteiger partial charge < -0.3 is 19.6 Å². The maximum absolute atomic E-state index is 10.6. The summed E-state index contributed by atoms with van der Waals surface area (Å²) >= 11 is 6.21. The summed E-state index contributed by atoms with van der Waals surface area (Å²) in [5.74, 6) is 1.92. The van der Waals surface area contributed by atoms with Crippen LogP contribution in [0.5, 0.6) is 11.5 Å². The molecule has 118 valence electrons. The minimum Gasteiger partial charge on any atom is -0.504 e. The molecule has 5 heteroatoms.